The van der Waals surface area contributed by atoms with Crippen LogP contribution in [0, 0.1) is 6.92 Å². The van der Waals surface area contributed by atoms with Crippen molar-refractivity contribution in [2.75, 3.05) is 0 Å². The first-order valence-electron chi connectivity index (χ1n) is 7.97. The third kappa shape index (κ3) is 2.75. The summed E-state index contributed by atoms with van der Waals surface area (Å²) in [7, 11) is -3.95. The highest BCUT2D eigenvalue weighted by Gasteiger charge is 2.21. The lowest BCUT2D eigenvalue weighted by atomic mass is 10.1. The molecule has 0 saturated heterocycles. The highest BCUT2D eigenvalue weighted by atomic mass is 32.2. The van der Waals surface area contributed by atoms with Crippen LogP contribution in [0.3, 0.4) is 0 Å². The number of fused-ring (bicyclic) bond motifs is 2. The van der Waals surface area contributed by atoms with Gasteiger partial charge in [0.05, 0.1) is 0 Å². The van der Waals surface area contributed by atoms with Crippen molar-refractivity contribution in [1.29, 1.82) is 0 Å². The van der Waals surface area contributed by atoms with E-state index in [1.165, 1.54) is 0 Å². The summed E-state index contributed by atoms with van der Waals surface area (Å²) in [5, 5.41) is 3.28. The molecule has 0 aliphatic heterocycles. The van der Waals surface area contributed by atoms with Crippen LogP contribution >= 0.6 is 0 Å². The number of rotatable bonds is 3. The summed E-state index contributed by atoms with van der Waals surface area (Å²) in [5.74, 6) is 0.336. The summed E-state index contributed by atoms with van der Waals surface area (Å²) >= 11 is 0. The van der Waals surface area contributed by atoms with E-state index in [9.17, 15) is 8.42 Å². The fourth-order valence-electron chi connectivity index (χ4n) is 3.07. The molecule has 4 rings (SSSR count). The molecule has 0 amide bonds. The van der Waals surface area contributed by atoms with Gasteiger partial charge in [0.1, 0.15) is 4.90 Å². The van der Waals surface area contributed by atoms with Gasteiger partial charge in [0.2, 0.25) is 0 Å². The fraction of sp³-hybridized carbons (Fsp3) is 0.0476. The van der Waals surface area contributed by atoms with Gasteiger partial charge in [0.15, 0.2) is 5.75 Å². The lowest BCUT2D eigenvalue weighted by Crippen LogP contribution is -2.10. The maximum absolute atomic E-state index is 12.9. The molecule has 4 heteroatoms. The Morgan fingerprint density at radius 3 is 2.12 bits per heavy atom. The van der Waals surface area contributed by atoms with Crippen LogP contribution in [0.25, 0.3) is 21.5 Å². The molecule has 0 heterocycles. The molecule has 4 aromatic rings. The van der Waals surface area contributed by atoms with Gasteiger partial charge in [-0.25, -0.2) is 0 Å². The van der Waals surface area contributed by atoms with Crippen LogP contribution in [-0.4, -0.2) is 8.42 Å². The van der Waals surface area contributed by atoms with E-state index in [0.29, 0.717) is 11.1 Å². The van der Waals surface area contributed by atoms with Gasteiger partial charge in [0, 0.05) is 10.8 Å². The molecular weight excluding hydrogens is 332 g/mol. The number of hydrogen-bond acceptors (Lipinski definition) is 3. The summed E-state index contributed by atoms with van der Waals surface area (Å²) < 4.78 is 31.4. The topological polar surface area (TPSA) is 43.4 Å². The molecule has 0 atom stereocenters. The minimum atomic E-state index is -3.95. The zero-order chi connectivity index (χ0) is 17.4. The van der Waals surface area contributed by atoms with Crippen LogP contribution in [-0.2, 0) is 10.1 Å². The minimum Gasteiger partial charge on any atom is -0.378 e. The molecule has 0 aliphatic carbocycles. The third-order valence-electron chi connectivity index (χ3n) is 4.32. The highest BCUT2D eigenvalue weighted by molar-refractivity contribution is 7.87. The molecule has 0 radical (unpaired) electrons. The van der Waals surface area contributed by atoms with Crippen LogP contribution in [0.5, 0.6) is 5.75 Å². The molecule has 124 valence electrons. The van der Waals surface area contributed by atoms with E-state index in [0.717, 1.165) is 21.7 Å². The van der Waals surface area contributed by atoms with Gasteiger partial charge in [-0.15, -0.1) is 0 Å². The van der Waals surface area contributed by atoms with Crippen molar-refractivity contribution in [1.82, 2.24) is 0 Å². The summed E-state index contributed by atoms with van der Waals surface area (Å²) in [6.07, 6.45) is 0. The van der Waals surface area contributed by atoms with Gasteiger partial charge >= 0.3 is 10.1 Å². The average molecular weight is 348 g/mol. The first kappa shape index (κ1) is 15.7. The predicted octanol–water partition coefficient (Wildman–Crippen LogP) is 5.07. The Labute approximate surface area is 146 Å². The molecule has 0 aromatic heterocycles. The molecule has 0 N–H and O–H groups in total. The van der Waals surface area contributed by atoms with Crippen molar-refractivity contribution in [3.8, 4) is 5.75 Å². The van der Waals surface area contributed by atoms with Gasteiger partial charge in [-0.1, -0.05) is 66.7 Å². The van der Waals surface area contributed by atoms with Crippen molar-refractivity contribution in [2.24, 2.45) is 0 Å². The Balaban J connectivity index is 1.87. The maximum atomic E-state index is 12.9. The lowest BCUT2D eigenvalue weighted by molar-refractivity contribution is 0.489. The van der Waals surface area contributed by atoms with Crippen molar-refractivity contribution < 1.29 is 12.6 Å². The molecular formula is C21H16O3S. The first-order chi connectivity index (χ1) is 12.1. The SMILES string of the molecule is Cc1ccc(S(=O)(=O)Oc2cccc3ccccc23)c2ccccc12. The normalized spacial score (nSPS) is 11.7. The summed E-state index contributed by atoms with van der Waals surface area (Å²) in [6, 6.07) is 23.8. The molecule has 0 saturated carbocycles. The highest BCUT2D eigenvalue weighted by Crippen LogP contribution is 2.31. The lowest BCUT2D eigenvalue weighted by Gasteiger charge is -2.12. The quantitative estimate of drug-likeness (QED) is 0.486. The van der Waals surface area contributed by atoms with Gasteiger partial charge in [-0.2, -0.15) is 8.42 Å². The minimum absolute atomic E-state index is 0.182. The third-order valence-corrected chi connectivity index (χ3v) is 5.61. The maximum Gasteiger partial charge on any atom is 0.339 e. The van der Waals surface area contributed by atoms with Gasteiger partial charge in [-0.3, -0.25) is 0 Å². The standard InChI is InChI=1S/C21H16O3S/c1-15-13-14-21(19-11-5-4-9-17(15)19)25(22,23)24-20-12-6-8-16-7-2-3-10-18(16)20/h2-14H,1H3. The Morgan fingerprint density at radius 1 is 0.680 bits per heavy atom. The van der Waals surface area contributed by atoms with Gasteiger partial charge in [-0.05, 0) is 35.4 Å². The predicted molar refractivity (Wildman–Crippen MR) is 100 cm³/mol. The van der Waals surface area contributed by atoms with Crippen LogP contribution in [0.1, 0.15) is 5.56 Å². The number of benzene rings is 4. The van der Waals surface area contributed by atoms with E-state index in [2.05, 4.69) is 0 Å². The van der Waals surface area contributed by atoms with Gasteiger partial charge in [0.25, 0.3) is 0 Å². The molecule has 0 spiro atoms. The average Bonchev–Trinajstić information content (AvgIpc) is 2.62. The molecule has 0 unspecified atom stereocenters. The summed E-state index contributed by atoms with van der Waals surface area (Å²) in [5.41, 5.74) is 1.03. The molecule has 25 heavy (non-hydrogen) atoms. The van der Waals surface area contributed by atoms with E-state index < -0.39 is 10.1 Å². The molecule has 4 aromatic carbocycles. The molecule has 0 bridgehead atoms. The van der Waals surface area contributed by atoms with Crippen LogP contribution in [0.4, 0.5) is 0 Å². The van der Waals surface area contributed by atoms with E-state index in [1.807, 2.05) is 67.6 Å². The second kappa shape index (κ2) is 5.90. The zero-order valence-corrected chi connectivity index (χ0v) is 14.5. The largest absolute Gasteiger partial charge is 0.378 e. The van der Waals surface area contributed by atoms with E-state index >= 15 is 0 Å². The summed E-state index contributed by atoms with van der Waals surface area (Å²) in [6.45, 7) is 1.96. The van der Waals surface area contributed by atoms with Crippen LogP contribution in [0.15, 0.2) is 83.8 Å². The first-order valence-corrected chi connectivity index (χ1v) is 9.38. The van der Waals surface area contributed by atoms with Crippen molar-refractivity contribution in [3.05, 3.63) is 84.4 Å². The van der Waals surface area contributed by atoms with Crippen LogP contribution in [0.2, 0.25) is 0 Å². The second-order valence-electron chi connectivity index (χ2n) is 5.94. The Hall–Kier alpha value is -2.85. The molecule has 0 fully saturated rings. The summed E-state index contributed by atoms with van der Waals surface area (Å²) in [4.78, 5) is 0.182. The Kier molecular flexibility index (Phi) is 3.70. The number of hydrogen-bond donors (Lipinski definition) is 0. The smallest absolute Gasteiger partial charge is 0.339 e. The number of aryl methyl sites for hydroxylation is 1. The second-order valence-corrected chi connectivity index (χ2v) is 7.46. The van der Waals surface area contributed by atoms with Crippen LogP contribution < -0.4 is 4.18 Å². The monoisotopic (exact) mass is 348 g/mol. The van der Waals surface area contributed by atoms with Crippen molar-refractivity contribution in [2.45, 2.75) is 11.8 Å². The molecule has 0 aliphatic rings. The Bertz CT molecular complexity index is 1190. The van der Waals surface area contributed by atoms with E-state index in [-0.39, 0.29) is 4.90 Å². The van der Waals surface area contributed by atoms with E-state index in [4.69, 9.17) is 4.18 Å². The fourth-order valence-corrected chi connectivity index (χ4v) is 4.23. The van der Waals surface area contributed by atoms with Crippen molar-refractivity contribution >= 4 is 31.7 Å². The zero-order valence-electron chi connectivity index (χ0n) is 13.6. The van der Waals surface area contributed by atoms with Crippen molar-refractivity contribution in [3.63, 3.8) is 0 Å². The van der Waals surface area contributed by atoms with Gasteiger partial charge < -0.3 is 4.18 Å². The molecule has 3 nitrogen and oxygen atoms in total. The Morgan fingerprint density at radius 2 is 1.32 bits per heavy atom. The van der Waals surface area contributed by atoms with E-state index in [1.54, 1.807) is 18.2 Å².